The summed E-state index contributed by atoms with van der Waals surface area (Å²) in [6.07, 6.45) is 3.64. The quantitative estimate of drug-likeness (QED) is 0.894. The summed E-state index contributed by atoms with van der Waals surface area (Å²) >= 11 is 3.37. The fourth-order valence-corrected chi connectivity index (χ4v) is 2.39. The van der Waals surface area contributed by atoms with Gasteiger partial charge in [-0.25, -0.2) is 4.79 Å². The van der Waals surface area contributed by atoms with Crippen LogP contribution in [0.2, 0.25) is 0 Å². The van der Waals surface area contributed by atoms with E-state index in [9.17, 15) is 4.79 Å². The maximum Gasteiger partial charge on any atom is 0.329 e. The molecule has 2 heterocycles. The number of likely N-dealkylation sites (tertiary alicyclic amines) is 1. The first kappa shape index (κ1) is 14.4. The van der Waals surface area contributed by atoms with Crippen molar-refractivity contribution in [2.24, 2.45) is 0 Å². The first-order valence-corrected chi connectivity index (χ1v) is 7.09. The number of hydrogen-bond donors (Lipinski definition) is 1. The van der Waals surface area contributed by atoms with Crippen LogP contribution >= 0.6 is 15.9 Å². The maximum absolute atomic E-state index is 10.4. The van der Waals surface area contributed by atoms with Gasteiger partial charge in [0.1, 0.15) is 6.61 Å². The molecule has 104 valence electrons. The number of carbonyl (C=O) groups is 1. The molecule has 1 N–H and O–H groups in total. The van der Waals surface area contributed by atoms with Crippen molar-refractivity contribution in [3.05, 3.63) is 28.5 Å². The lowest BCUT2D eigenvalue weighted by molar-refractivity contribution is -0.145. The Balaban J connectivity index is 1.74. The molecule has 19 heavy (non-hydrogen) atoms. The van der Waals surface area contributed by atoms with Gasteiger partial charge in [-0.05, 0) is 40.9 Å². The second-order valence-corrected chi connectivity index (χ2v) is 5.56. The molecule has 1 saturated heterocycles. The Kier molecular flexibility index (Phi) is 5.30. The molecule has 5 nitrogen and oxygen atoms in total. The summed E-state index contributed by atoms with van der Waals surface area (Å²) in [7, 11) is 0. The van der Waals surface area contributed by atoms with Crippen molar-refractivity contribution in [2.45, 2.75) is 25.5 Å². The van der Waals surface area contributed by atoms with E-state index in [1.807, 2.05) is 12.1 Å². The van der Waals surface area contributed by atoms with Gasteiger partial charge in [0, 0.05) is 30.3 Å². The number of hydrogen-bond acceptors (Lipinski definition) is 4. The van der Waals surface area contributed by atoms with Crippen LogP contribution in [-0.2, 0) is 16.1 Å². The number of aliphatic carboxylic acids is 1. The van der Waals surface area contributed by atoms with Crippen LogP contribution in [0.4, 0.5) is 0 Å². The fourth-order valence-electron chi connectivity index (χ4n) is 2.15. The summed E-state index contributed by atoms with van der Waals surface area (Å²) in [6.45, 7) is 2.47. The predicted octanol–water partition coefficient (Wildman–Crippen LogP) is 1.91. The number of pyridine rings is 1. The third-order valence-corrected chi connectivity index (χ3v) is 3.62. The van der Waals surface area contributed by atoms with Gasteiger partial charge in [0.2, 0.25) is 0 Å². The topological polar surface area (TPSA) is 62.7 Å². The molecule has 1 aliphatic heterocycles. The summed E-state index contributed by atoms with van der Waals surface area (Å²) < 4.78 is 6.29. The first-order chi connectivity index (χ1) is 9.13. The van der Waals surface area contributed by atoms with Crippen LogP contribution in [0.3, 0.4) is 0 Å². The molecule has 6 heteroatoms. The largest absolute Gasteiger partial charge is 0.480 e. The van der Waals surface area contributed by atoms with Crippen LogP contribution in [0.1, 0.15) is 18.5 Å². The molecule has 0 aromatic carbocycles. The van der Waals surface area contributed by atoms with E-state index < -0.39 is 5.97 Å². The Hall–Kier alpha value is -0.980. The number of aromatic nitrogens is 1. The molecule has 0 amide bonds. The van der Waals surface area contributed by atoms with Crippen LogP contribution < -0.4 is 0 Å². The van der Waals surface area contributed by atoms with Crippen molar-refractivity contribution in [3.8, 4) is 0 Å². The minimum Gasteiger partial charge on any atom is -0.480 e. The van der Waals surface area contributed by atoms with E-state index in [0.29, 0.717) is 0 Å². The Morgan fingerprint density at radius 1 is 1.47 bits per heavy atom. The van der Waals surface area contributed by atoms with Gasteiger partial charge >= 0.3 is 5.97 Å². The number of carboxylic acids is 1. The number of halogens is 1. The second-order valence-electron chi connectivity index (χ2n) is 4.65. The van der Waals surface area contributed by atoms with Crippen molar-refractivity contribution in [3.63, 3.8) is 0 Å². The third-order valence-electron chi connectivity index (χ3n) is 3.15. The molecule has 1 aromatic heterocycles. The van der Waals surface area contributed by atoms with Crippen LogP contribution in [0, 0.1) is 0 Å². The van der Waals surface area contributed by atoms with Crippen LogP contribution in [-0.4, -0.2) is 46.8 Å². The summed E-state index contributed by atoms with van der Waals surface area (Å²) in [5.74, 6) is -0.901. The van der Waals surface area contributed by atoms with Crippen molar-refractivity contribution < 1.29 is 14.6 Å². The average molecular weight is 329 g/mol. The Morgan fingerprint density at radius 2 is 2.21 bits per heavy atom. The highest BCUT2D eigenvalue weighted by atomic mass is 79.9. The molecule has 0 unspecified atom stereocenters. The zero-order valence-electron chi connectivity index (χ0n) is 10.6. The highest BCUT2D eigenvalue weighted by Gasteiger charge is 2.20. The molecule has 2 rings (SSSR count). The van der Waals surface area contributed by atoms with Gasteiger partial charge in [-0.2, -0.15) is 0 Å². The zero-order chi connectivity index (χ0) is 13.7. The third kappa shape index (κ3) is 4.89. The molecule has 0 aliphatic carbocycles. The highest BCUT2D eigenvalue weighted by molar-refractivity contribution is 9.10. The van der Waals surface area contributed by atoms with Gasteiger partial charge in [0.25, 0.3) is 0 Å². The molecule has 0 spiro atoms. The molecule has 1 fully saturated rings. The lowest BCUT2D eigenvalue weighted by Gasteiger charge is -2.31. The SMILES string of the molecule is O=C(O)COC1CCN(Cc2ccc(Br)cn2)CC1. The molecular formula is C13H17BrN2O3. The number of nitrogens with zero attached hydrogens (tertiary/aromatic N) is 2. The monoisotopic (exact) mass is 328 g/mol. The van der Waals surface area contributed by atoms with Crippen molar-refractivity contribution in [1.29, 1.82) is 0 Å². The number of carboxylic acid groups (broad SMARTS) is 1. The van der Waals surface area contributed by atoms with E-state index in [2.05, 4.69) is 25.8 Å². The van der Waals surface area contributed by atoms with Crippen molar-refractivity contribution in [1.82, 2.24) is 9.88 Å². The number of piperidine rings is 1. The summed E-state index contributed by atoms with van der Waals surface area (Å²) in [5.41, 5.74) is 1.05. The summed E-state index contributed by atoms with van der Waals surface area (Å²) in [6, 6.07) is 4.00. The van der Waals surface area contributed by atoms with E-state index in [0.717, 1.165) is 42.6 Å². The second kappa shape index (κ2) is 6.98. The zero-order valence-corrected chi connectivity index (χ0v) is 12.2. The van der Waals surface area contributed by atoms with Crippen LogP contribution in [0.25, 0.3) is 0 Å². The van der Waals surface area contributed by atoms with Gasteiger partial charge in [-0.3, -0.25) is 9.88 Å². The molecular weight excluding hydrogens is 312 g/mol. The molecule has 0 bridgehead atoms. The molecule has 1 aromatic rings. The number of ether oxygens (including phenoxy) is 1. The number of rotatable bonds is 5. The van der Waals surface area contributed by atoms with E-state index in [1.54, 1.807) is 6.20 Å². The predicted molar refractivity (Wildman–Crippen MR) is 73.8 cm³/mol. The van der Waals surface area contributed by atoms with Crippen molar-refractivity contribution in [2.75, 3.05) is 19.7 Å². The fraction of sp³-hybridized carbons (Fsp3) is 0.538. The lowest BCUT2D eigenvalue weighted by atomic mass is 10.1. The lowest BCUT2D eigenvalue weighted by Crippen LogP contribution is -2.37. The van der Waals surface area contributed by atoms with E-state index >= 15 is 0 Å². The minimum absolute atomic E-state index is 0.0743. The van der Waals surface area contributed by atoms with Crippen LogP contribution in [0.15, 0.2) is 22.8 Å². The van der Waals surface area contributed by atoms with Gasteiger partial charge in [0.05, 0.1) is 11.8 Å². The normalized spacial score (nSPS) is 17.5. The molecule has 0 saturated carbocycles. The van der Waals surface area contributed by atoms with Crippen LogP contribution in [0.5, 0.6) is 0 Å². The maximum atomic E-state index is 10.4. The average Bonchev–Trinajstić information content (AvgIpc) is 2.40. The summed E-state index contributed by atoms with van der Waals surface area (Å²) in [4.78, 5) is 17.1. The van der Waals surface area contributed by atoms with Gasteiger partial charge in [-0.15, -0.1) is 0 Å². The molecule has 0 atom stereocenters. The Morgan fingerprint density at radius 3 is 2.79 bits per heavy atom. The Bertz CT molecular complexity index is 416. The van der Waals surface area contributed by atoms with E-state index in [1.165, 1.54) is 0 Å². The van der Waals surface area contributed by atoms with Gasteiger partial charge in [-0.1, -0.05) is 0 Å². The summed E-state index contributed by atoms with van der Waals surface area (Å²) in [5, 5.41) is 8.57. The van der Waals surface area contributed by atoms with E-state index in [-0.39, 0.29) is 12.7 Å². The molecule has 0 radical (unpaired) electrons. The van der Waals surface area contributed by atoms with Gasteiger partial charge in [0.15, 0.2) is 0 Å². The minimum atomic E-state index is -0.901. The van der Waals surface area contributed by atoms with Crippen molar-refractivity contribution >= 4 is 21.9 Å². The standard InChI is InChI=1S/C13H17BrN2O3/c14-10-1-2-11(15-7-10)8-16-5-3-12(4-6-16)19-9-13(17)18/h1-2,7,12H,3-6,8-9H2,(H,17,18). The van der Waals surface area contributed by atoms with E-state index in [4.69, 9.17) is 9.84 Å². The Labute approximate surface area is 120 Å². The molecule has 1 aliphatic rings. The van der Waals surface area contributed by atoms with Gasteiger partial charge < -0.3 is 9.84 Å². The smallest absolute Gasteiger partial charge is 0.329 e. The highest BCUT2D eigenvalue weighted by Crippen LogP contribution is 2.16. The first-order valence-electron chi connectivity index (χ1n) is 6.29.